The highest BCUT2D eigenvalue weighted by atomic mass is 35.5. The van der Waals surface area contributed by atoms with Gasteiger partial charge in [-0.3, -0.25) is 15.2 Å². The lowest BCUT2D eigenvalue weighted by Gasteiger charge is -2.29. The Hall–Kier alpha value is -2.06. The number of carbonyl (C=O) groups excluding carboxylic acids is 1. The first-order chi connectivity index (χ1) is 15.5. The average molecular weight is 473 g/mol. The van der Waals surface area contributed by atoms with E-state index >= 15 is 0 Å². The Morgan fingerprint density at radius 1 is 1.12 bits per heavy atom. The van der Waals surface area contributed by atoms with Crippen LogP contribution in [-0.4, -0.2) is 49.3 Å². The standard InChI is InChI=1S/C23H27BCl2N4O2/c24-16-6-4-15(5-7-16)22-18(10-13-31)21(23(32)28-29-11-2-1-3-12-29)27-30(22)20-9-8-17(25)14-19(20)26/h4-9,14,18,22,31H,1-3,10-13,24H2,(H,28,32). The number of nitrogens with zero attached hydrogens (tertiary/aromatic N) is 3. The molecule has 2 heterocycles. The zero-order chi connectivity index (χ0) is 22.7. The largest absolute Gasteiger partial charge is 0.396 e. The van der Waals surface area contributed by atoms with E-state index in [0.29, 0.717) is 27.9 Å². The van der Waals surface area contributed by atoms with E-state index in [1.165, 1.54) is 6.42 Å². The van der Waals surface area contributed by atoms with E-state index in [1.807, 2.05) is 43.2 Å². The average Bonchev–Trinajstić information content (AvgIpc) is 3.14. The van der Waals surface area contributed by atoms with E-state index in [-0.39, 0.29) is 24.5 Å². The van der Waals surface area contributed by atoms with Gasteiger partial charge in [0.1, 0.15) is 13.6 Å². The monoisotopic (exact) mass is 472 g/mol. The fraction of sp³-hybridized carbons (Fsp3) is 0.391. The topological polar surface area (TPSA) is 68.2 Å². The van der Waals surface area contributed by atoms with Crippen LogP contribution in [0, 0.1) is 5.92 Å². The zero-order valence-electron chi connectivity index (χ0n) is 18.1. The molecule has 0 aliphatic carbocycles. The first-order valence-electron chi connectivity index (χ1n) is 11.0. The minimum atomic E-state index is -0.292. The Morgan fingerprint density at radius 2 is 1.84 bits per heavy atom. The van der Waals surface area contributed by atoms with Crippen molar-refractivity contribution in [2.75, 3.05) is 24.7 Å². The van der Waals surface area contributed by atoms with Gasteiger partial charge in [0.2, 0.25) is 0 Å². The fourth-order valence-electron chi connectivity index (χ4n) is 4.43. The van der Waals surface area contributed by atoms with Gasteiger partial charge in [0.05, 0.1) is 16.8 Å². The number of aliphatic hydroxyl groups excluding tert-OH is 1. The Labute approximate surface area is 199 Å². The van der Waals surface area contributed by atoms with Gasteiger partial charge in [-0.15, -0.1) is 0 Å². The van der Waals surface area contributed by atoms with Crippen LogP contribution in [0.4, 0.5) is 5.69 Å². The highest BCUT2D eigenvalue weighted by molar-refractivity contribution is 6.41. The number of carbonyl (C=O) groups is 1. The molecule has 1 amide bonds. The van der Waals surface area contributed by atoms with Crippen LogP contribution in [0.25, 0.3) is 0 Å². The number of anilines is 1. The molecule has 168 valence electrons. The molecule has 1 saturated heterocycles. The quantitative estimate of drug-likeness (QED) is 0.634. The zero-order valence-corrected chi connectivity index (χ0v) is 19.6. The molecule has 6 nitrogen and oxygen atoms in total. The highest BCUT2D eigenvalue weighted by Crippen LogP contribution is 2.43. The van der Waals surface area contributed by atoms with Gasteiger partial charge < -0.3 is 5.11 Å². The van der Waals surface area contributed by atoms with Gasteiger partial charge in [0.15, 0.2) is 0 Å². The minimum Gasteiger partial charge on any atom is -0.396 e. The molecule has 2 aliphatic rings. The number of amides is 1. The second-order valence-corrected chi connectivity index (χ2v) is 9.23. The van der Waals surface area contributed by atoms with E-state index in [2.05, 4.69) is 5.43 Å². The number of hydrazine groups is 1. The summed E-state index contributed by atoms with van der Waals surface area (Å²) in [5.74, 6) is -0.519. The molecule has 2 unspecified atom stereocenters. The molecule has 2 aliphatic heterocycles. The maximum atomic E-state index is 13.3. The first-order valence-corrected chi connectivity index (χ1v) is 11.8. The number of piperidine rings is 1. The molecular formula is C23H27BCl2N4O2. The number of hydrogen-bond acceptors (Lipinski definition) is 5. The Bertz CT molecular complexity index is 996. The summed E-state index contributed by atoms with van der Waals surface area (Å²) in [4.78, 5) is 13.3. The lowest BCUT2D eigenvalue weighted by molar-refractivity contribution is -0.120. The maximum absolute atomic E-state index is 13.3. The second kappa shape index (κ2) is 10.3. The molecule has 9 heteroatoms. The first kappa shape index (κ1) is 23.1. The summed E-state index contributed by atoms with van der Waals surface area (Å²) in [5.41, 5.74) is 6.25. The van der Waals surface area contributed by atoms with Gasteiger partial charge in [-0.05, 0) is 43.0 Å². The summed E-state index contributed by atoms with van der Waals surface area (Å²) in [5, 5.41) is 19.4. The lowest BCUT2D eigenvalue weighted by atomic mass is 9.85. The van der Waals surface area contributed by atoms with Crippen LogP contribution in [0.3, 0.4) is 0 Å². The summed E-state index contributed by atoms with van der Waals surface area (Å²) in [6, 6.07) is 13.1. The van der Waals surface area contributed by atoms with Crippen LogP contribution < -0.4 is 15.9 Å². The number of benzene rings is 2. The van der Waals surface area contributed by atoms with E-state index in [4.69, 9.17) is 28.3 Å². The van der Waals surface area contributed by atoms with E-state index in [1.54, 1.807) is 17.1 Å². The van der Waals surface area contributed by atoms with Crippen molar-refractivity contribution in [2.24, 2.45) is 11.0 Å². The van der Waals surface area contributed by atoms with Crippen molar-refractivity contribution in [2.45, 2.75) is 31.7 Å². The van der Waals surface area contributed by atoms with E-state index in [9.17, 15) is 9.90 Å². The summed E-state index contributed by atoms with van der Waals surface area (Å²) >= 11 is 12.7. The number of nitrogens with one attached hydrogen (secondary N) is 1. The predicted molar refractivity (Wildman–Crippen MR) is 132 cm³/mol. The van der Waals surface area contributed by atoms with Gasteiger partial charge in [0, 0.05) is 30.6 Å². The van der Waals surface area contributed by atoms with Crippen molar-refractivity contribution in [3.05, 3.63) is 58.1 Å². The number of rotatable bonds is 6. The normalized spacial score (nSPS) is 21.5. The number of hydrogen-bond donors (Lipinski definition) is 2. The molecule has 0 saturated carbocycles. The molecule has 0 radical (unpaired) electrons. The third kappa shape index (κ3) is 4.96. The van der Waals surface area contributed by atoms with Gasteiger partial charge in [-0.1, -0.05) is 59.4 Å². The summed E-state index contributed by atoms with van der Waals surface area (Å²) in [6.45, 7) is 1.61. The third-order valence-electron chi connectivity index (χ3n) is 6.08. The van der Waals surface area contributed by atoms with Crippen LogP contribution in [-0.2, 0) is 4.79 Å². The van der Waals surface area contributed by atoms with Crippen LogP contribution in [0.2, 0.25) is 10.0 Å². The third-order valence-corrected chi connectivity index (χ3v) is 6.61. The molecule has 0 aromatic heterocycles. The number of hydrazone groups is 1. The van der Waals surface area contributed by atoms with Crippen molar-refractivity contribution in [3.8, 4) is 0 Å². The predicted octanol–water partition coefficient (Wildman–Crippen LogP) is 2.68. The van der Waals surface area contributed by atoms with Crippen LogP contribution >= 0.6 is 23.2 Å². The van der Waals surface area contributed by atoms with Crippen LogP contribution in [0.1, 0.15) is 37.3 Å². The molecule has 2 N–H and O–H groups in total. The van der Waals surface area contributed by atoms with Crippen molar-refractivity contribution in [1.29, 1.82) is 0 Å². The SMILES string of the molecule is Bc1ccc(C2C(CCO)C(C(=O)NN3CCCCC3)=NN2c2ccc(Cl)cc2Cl)cc1. The molecule has 2 aromatic rings. The molecule has 1 fully saturated rings. The van der Waals surface area contributed by atoms with Gasteiger partial charge in [0.25, 0.3) is 5.91 Å². The van der Waals surface area contributed by atoms with Crippen molar-refractivity contribution >= 4 is 53.8 Å². The molecule has 2 aromatic carbocycles. The maximum Gasteiger partial charge on any atom is 0.282 e. The summed E-state index contributed by atoms with van der Waals surface area (Å²) in [6.07, 6.45) is 3.71. The Morgan fingerprint density at radius 3 is 2.50 bits per heavy atom. The molecule has 4 rings (SSSR count). The molecule has 32 heavy (non-hydrogen) atoms. The van der Waals surface area contributed by atoms with Gasteiger partial charge in [-0.25, -0.2) is 5.01 Å². The van der Waals surface area contributed by atoms with E-state index < -0.39 is 0 Å². The van der Waals surface area contributed by atoms with E-state index in [0.717, 1.165) is 37.0 Å². The summed E-state index contributed by atoms with van der Waals surface area (Å²) in [7, 11) is 2.03. The second-order valence-electron chi connectivity index (χ2n) is 8.39. The Kier molecular flexibility index (Phi) is 7.41. The van der Waals surface area contributed by atoms with Gasteiger partial charge >= 0.3 is 0 Å². The summed E-state index contributed by atoms with van der Waals surface area (Å²) < 4.78 is 0. The van der Waals surface area contributed by atoms with Crippen molar-refractivity contribution in [1.82, 2.24) is 10.4 Å². The molecule has 0 spiro atoms. The lowest BCUT2D eigenvalue weighted by Crippen LogP contribution is -2.48. The van der Waals surface area contributed by atoms with Crippen molar-refractivity contribution < 1.29 is 9.90 Å². The molecule has 0 bridgehead atoms. The Balaban J connectivity index is 1.73. The molecular weight excluding hydrogens is 446 g/mol. The molecule has 2 atom stereocenters. The smallest absolute Gasteiger partial charge is 0.282 e. The minimum absolute atomic E-state index is 0.0504. The van der Waals surface area contributed by atoms with Gasteiger partial charge in [-0.2, -0.15) is 5.10 Å². The highest BCUT2D eigenvalue weighted by Gasteiger charge is 2.42. The van der Waals surface area contributed by atoms with Crippen LogP contribution in [0.15, 0.2) is 47.6 Å². The fourth-order valence-corrected chi connectivity index (χ4v) is 4.93. The van der Waals surface area contributed by atoms with Crippen molar-refractivity contribution in [3.63, 3.8) is 0 Å². The number of aliphatic hydroxyl groups is 1. The number of halogens is 2. The van der Waals surface area contributed by atoms with Crippen LogP contribution in [0.5, 0.6) is 0 Å².